The van der Waals surface area contributed by atoms with Crippen LogP contribution in [0.2, 0.25) is 0 Å². The molecule has 374 valence electrons. The molecule has 11 heteroatoms. The first kappa shape index (κ1) is 61.9. The highest BCUT2D eigenvalue weighted by atomic mass is 31.2. The minimum absolute atomic E-state index is 0.157. The van der Waals surface area contributed by atoms with Gasteiger partial charge in [0.05, 0.1) is 19.8 Å². The quantitative estimate of drug-likeness (QED) is 0.0233. The summed E-state index contributed by atoms with van der Waals surface area (Å²) < 4.78 is 32.8. The Morgan fingerprint density at radius 3 is 1.30 bits per heavy atom. The molecule has 0 aromatic carbocycles. The van der Waals surface area contributed by atoms with Crippen LogP contribution in [0.15, 0.2) is 48.6 Å². The van der Waals surface area contributed by atoms with Crippen molar-refractivity contribution in [3.05, 3.63) is 48.6 Å². The monoisotopic (exact) mass is 925 g/mol. The summed E-state index contributed by atoms with van der Waals surface area (Å²) in [6.07, 6.45) is 55.2. The number of ether oxygens (including phenoxy) is 2. The molecule has 0 heterocycles. The van der Waals surface area contributed by atoms with Crippen LogP contribution in [0.5, 0.6) is 0 Å². The molecule has 0 spiro atoms. The van der Waals surface area contributed by atoms with Crippen LogP contribution in [-0.4, -0.2) is 65.7 Å². The van der Waals surface area contributed by atoms with Crippen LogP contribution in [0.3, 0.4) is 0 Å². The molecule has 0 saturated carbocycles. The van der Waals surface area contributed by atoms with E-state index in [2.05, 4.69) is 62.5 Å². The molecule has 0 bridgehead atoms. The van der Waals surface area contributed by atoms with E-state index in [1.54, 1.807) is 0 Å². The molecule has 3 unspecified atom stereocenters. The molecule has 3 atom stereocenters. The number of hydrogen-bond acceptors (Lipinski definition) is 9. The average Bonchev–Trinajstić information content (AvgIpc) is 3.28. The molecule has 10 nitrogen and oxygen atoms in total. The lowest BCUT2D eigenvalue weighted by atomic mass is 10.0. The van der Waals surface area contributed by atoms with Gasteiger partial charge < -0.3 is 24.6 Å². The summed E-state index contributed by atoms with van der Waals surface area (Å²) in [6, 6.07) is 0. The summed E-state index contributed by atoms with van der Waals surface area (Å²) in [4.78, 5) is 35.2. The summed E-state index contributed by atoms with van der Waals surface area (Å²) in [7, 11) is -4.63. The van der Waals surface area contributed by atoms with Crippen molar-refractivity contribution in [2.75, 3.05) is 26.4 Å². The molecule has 0 aliphatic rings. The van der Waals surface area contributed by atoms with Crippen LogP contribution in [0.25, 0.3) is 0 Å². The third-order valence-electron chi connectivity index (χ3n) is 11.2. The van der Waals surface area contributed by atoms with E-state index in [1.807, 2.05) is 0 Å². The van der Waals surface area contributed by atoms with Crippen LogP contribution in [-0.2, 0) is 32.7 Å². The van der Waals surface area contributed by atoms with Crippen molar-refractivity contribution in [3.63, 3.8) is 0 Å². The minimum atomic E-state index is -4.63. The lowest BCUT2D eigenvalue weighted by molar-refractivity contribution is -0.161. The standard InChI is InChI=1S/C53H97O10P/c1-3-5-7-9-11-13-15-17-19-21-22-23-24-25-26-27-29-30-32-34-36-38-40-42-44-52(56)60-48-51(49-62-64(58,59)61-47-50(55)46-54)63-53(57)45-43-41-39-37-35-33-31-28-20-18-16-14-12-10-8-6-4-2/h6,8,12,14,18,20,31,33,50-51,54-55H,3-5,7,9-11,13,15-17,19,21-30,32,34-49H2,1-2H3,(H,58,59)/b8-6-,14-12-,20-18-,33-31-. The number of esters is 2. The predicted molar refractivity (Wildman–Crippen MR) is 265 cm³/mol. The Balaban J connectivity index is 4.14. The molecule has 0 aromatic rings. The van der Waals surface area contributed by atoms with Gasteiger partial charge in [-0.3, -0.25) is 18.6 Å². The highest BCUT2D eigenvalue weighted by molar-refractivity contribution is 7.47. The number of hydrogen-bond donors (Lipinski definition) is 3. The lowest BCUT2D eigenvalue weighted by Crippen LogP contribution is -2.29. The summed E-state index contributed by atoms with van der Waals surface area (Å²) in [6.45, 7) is 2.28. The highest BCUT2D eigenvalue weighted by Gasteiger charge is 2.27. The van der Waals surface area contributed by atoms with Gasteiger partial charge in [-0.1, -0.05) is 223 Å². The maximum atomic E-state index is 12.7. The van der Waals surface area contributed by atoms with Gasteiger partial charge in [-0.05, 0) is 51.4 Å². The molecule has 0 aromatic heterocycles. The van der Waals surface area contributed by atoms with Crippen molar-refractivity contribution in [1.82, 2.24) is 0 Å². The van der Waals surface area contributed by atoms with E-state index >= 15 is 0 Å². The van der Waals surface area contributed by atoms with Crippen molar-refractivity contribution in [2.24, 2.45) is 0 Å². The van der Waals surface area contributed by atoms with Gasteiger partial charge in [-0.15, -0.1) is 0 Å². The maximum absolute atomic E-state index is 12.7. The summed E-state index contributed by atoms with van der Waals surface area (Å²) in [5.74, 6) is -0.944. The Morgan fingerprint density at radius 2 is 0.859 bits per heavy atom. The van der Waals surface area contributed by atoms with Gasteiger partial charge in [0.25, 0.3) is 0 Å². The number of carbonyl (C=O) groups excluding carboxylic acids is 2. The van der Waals surface area contributed by atoms with E-state index in [9.17, 15) is 24.2 Å². The Bertz CT molecular complexity index is 1200. The van der Waals surface area contributed by atoms with Crippen molar-refractivity contribution < 1.29 is 47.8 Å². The van der Waals surface area contributed by atoms with Crippen molar-refractivity contribution >= 4 is 19.8 Å². The largest absolute Gasteiger partial charge is 0.472 e. The van der Waals surface area contributed by atoms with Gasteiger partial charge in [0.2, 0.25) is 0 Å². The van der Waals surface area contributed by atoms with Crippen LogP contribution in [0.1, 0.15) is 239 Å². The Morgan fingerprint density at radius 1 is 0.484 bits per heavy atom. The number of unbranched alkanes of at least 4 members (excludes halogenated alkanes) is 27. The van der Waals surface area contributed by atoms with Gasteiger partial charge in [-0.25, -0.2) is 4.57 Å². The number of carbonyl (C=O) groups is 2. The van der Waals surface area contributed by atoms with Gasteiger partial charge >= 0.3 is 19.8 Å². The van der Waals surface area contributed by atoms with Gasteiger partial charge in [0.1, 0.15) is 12.7 Å². The van der Waals surface area contributed by atoms with E-state index in [-0.39, 0.29) is 19.4 Å². The topological polar surface area (TPSA) is 149 Å². The molecule has 0 fully saturated rings. The molecule has 0 amide bonds. The second kappa shape index (κ2) is 48.9. The summed E-state index contributed by atoms with van der Waals surface area (Å²) >= 11 is 0. The number of aliphatic hydroxyl groups excluding tert-OH is 2. The first-order chi connectivity index (χ1) is 31.2. The molecular weight excluding hydrogens is 828 g/mol. The molecule has 0 radical (unpaired) electrons. The van der Waals surface area contributed by atoms with E-state index in [0.717, 1.165) is 70.6 Å². The van der Waals surface area contributed by atoms with Gasteiger partial charge in [-0.2, -0.15) is 0 Å². The Labute approximate surface area is 392 Å². The number of phosphoric acid groups is 1. The predicted octanol–water partition coefficient (Wildman–Crippen LogP) is 14.8. The number of phosphoric ester groups is 1. The van der Waals surface area contributed by atoms with Crippen LogP contribution in [0, 0.1) is 0 Å². The first-order valence-electron chi connectivity index (χ1n) is 26.1. The van der Waals surface area contributed by atoms with Crippen molar-refractivity contribution in [3.8, 4) is 0 Å². The molecule has 3 N–H and O–H groups in total. The fraction of sp³-hybridized carbons (Fsp3) is 0.811. The summed E-state index contributed by atoms with van der Waals surface area (Å²) in [5, 5.41) is 18.4. The molecule has 0 rings (SSSR count). The minimum Gasteiger partial charge on any atom is -0.462 e. The van der Waals surface area contributed by atoms with E-state index < -0.39 is 51.8 Å². The second-order valence-corrected chi connectivity index (χ2v) is 19.0. The summed E-state index contributed by atoms with van der Waals surface area (Å²) in [5.41, 5.74) is 0. The van der Waals surface area contributed by atoms with Crippen LogP contribution >= 0.6 is 7.82 Å². The van der Waals surface area contributed by atoms with Crippen LogP contribution in [0.4, 0.5) is 0 Å². The zero-order chi connectivity index (χ0) is 46.9. The number of aliphatic hydroxyl groups is 2. The van der Waals surface area contributed by atoms with E-state index in [0.29, 0.717) is 12.8 Å². The normalized spacial score (nSPS) is 14.0. The highest BCUT2D eigenvalue weighted by Crippen LogP contribution is 2.43. The fourth-order valence-corrected chi connectivity index (χ4v) is 8.07. The number of allylic oxidation sites excluding steroid dienone is 8. The molecule has 0 aliphatic heterocycles. The van der Waals surface area contributed by atoms with Crippen molar-refractivity contribution in [2.45, 2.75) is 251 Å². The van der Waals surface area contributed by atoms with E-state index in [4.69, 9.17) is 23.6 Å². The third kappa shape index (κ3) is 47.9. The SMILES string of the molecule is CC/C=C\C/C=C\C/C=C\C/C=C\CCCCCCC(=O)OC(COC(=O)CCCCCCCCCCCCCCCCCCCCCCCCCC)COP(=O)(O)OCC(O)CO. The van der Waals surface area contributed by atoms with Gasteiger partial charge in [0, 0.05) is 12.8 Å². The molecular formula is C53H97O10P. The third-order valence-corrected chi connectivity index (χ3v) is 12.2. The maximum Gasteiger partial charge on any atom is 0.472 e. The average molecular weight is 925 g/mol. The number of rotatable bonds is 49. The second-order valence-electron chi connectivity index (χ2n) is 17.5. The van der Waals surface area contributed by atoms with E-state index in [1.165, 1.54) is 128 Å². The first-order valence-corrected chi connectivity index (χ1v) is 27.6. The van der Waals surface area contributed by atoms with Crippen LogP contribution < -0.4 is 0 Å². The zero-order valence-electron chi connectivity index (χ0n) is 41.0. The van der Waals surface area contributed by atoms with Crippen molar-refractivity contribution in [1.29, 1.82) is 0 Å². The smallest absolute Gasteiger partial charge is 0.462 e. The Hall–Kier alpha value is -2.07. The molecule has 0 aliphatic carbocycles. The molecule has 64 heavy (non-hydrogen) atoms. The molecule has 0 saturated heterocycles. The fourth-order valence-electron chi connectivity index (χ4n) is 7.28. The zero-order valence-corrected chi connectivity index (χ0v) is 41.9. The lowest BCUT2D eigenvalue weighted by Gasteiger charge is -2.20. The Kier molecular flexibility index (Phi) is 47.3. The van der Waals surface area contributed by atoms with Gasteiger partial charge in [0.15, 0.2) is 6.10 Å².